The van der Waals surface area contributed by atoms with E-state index >= 15 is 0 Å². The zero-order valence-corrected chi connectivity index (χ0v) is 20.9. The average molecular weight is 518 g/mol. The maximum absolute atomic E-state index is 13.4. The molecule has 0 unspecified atom stereocenters. The molecule has 2 heterocycles. The van der Waals surface area contributed by atoms with Crippen LogP contribution < -0.4 is 15.7 Å². The predicted molar refractivity (Wildman–Crippen MR) is 133 cm³/mol. The number of piperazine rings is 1. The first-order valence-corrected chi connectivity index (χ1v) is 12.1. The van der Waals surface area contributed by atoms with Gasteiger partial charge in [0, 0.05) is 44.9 Å². The van der Waals surface area contributed by atoms with Gasteiger partial charge in [0.25, 0.3) is 11.8 Å². The summed E-state index contributed by atoms with van der Waals surface area (Å²) in [6.45, 7) is 3.88. The fraction of sp³-hybridized carbons (Fsp3) is 0.391. The Bertz CT molecular complexity index is 1090. The topological polar surface area (TPSA) is 105 Å². The number of carbonyl (C=O) groups is 4. The summed E-state index contributed by atoms with van der Waals surface area (Å²) in [6, 6.07) is 9.09. The van der Waals surface area contributed by atoms with Crippen LogP contribution in [0.5, 0.6) is 0 Å². The molecule has 12 heteroatoms. The molecule has 0 bridgehead atoms. The summed E-state index contributed by atoms with van der Waals surface area (Å²) >= 11 is 7.63. The second-order valence-electron chi connectivity index (χ2n) is 7.89. The molecule has 1 saturated heterocycles. The van der Waals surface area contributed by atoms with Crippen LogP contribution in [-0.2, 0) is 35.2 Å². The molecule has 1 aliphatic heterocycles. The van der Waals surface area contributed by atoms with Crippen molar-refractivity contribution < 1.29 is 28.7 Å². The molecule has 9 nitrogen and oxygen atoms in total. The lowest BCUT2D eigenvalue weighted by molar-refractivity contribution is -0.178. The summed E-state index contributed by atoms with van der Waals surface area (Å²) in [6.07, 6.45) is -3.28. The quantitative estimate of drug-likeness (QED) is 0.412. The zero-order valence-electron chi connectivity index (χ0n) is 19.4. The fourth-order valence-corrected chi connectivity index (χ4v) is 4.64. The number of anilines is 1. The molecule has 3 rings (SSSR count). The average Bonchev–Trinajstić information content (AvgIpc) is 3.24. The zero-order chi connectivity index (χ0) is 25.5. The summed E-state index contributed by atoms with van der Waals surface area (Å²) < 4.78 is 10.4. The van der Waals surface area contributed by atoms with Gasteiger partial charge in [-0.15, -0.1) is 11.3 Å². The van der Waals surface area contributed by atoms with Gasteiger partial charge in [-0.2, -0.15) is 0 Å². The van der Waals surface area contributed by atoms with Crippen LogP contribution in [0.2, 0.25) is 5.02 Å². The lowest BCUT2D eigenvalue weighted by Crippen LogP contribution is -2.57. The minimum Gasteiger partial charge on any atom is -0.448 e. The summed E-state index contributed by atoms with van der Waals surface area (Å²) in [5.74, 6) is -2.96. The van der Waals surface area contributed by atoms with Gasteiger partial charge in [-0.1, -0.05) is 35.3 Å². The number of amides is 2. The van der Waals surface area contributed by atoms with Gasteiger partial charge < -0.3 is 24.6 Å². The third-order valence-corrected chi connectivity index (χ3v) is 6.53. The second-order valence-corrected chi connectivity index (χ2v) is 9.29. The number of esters is 2. The summed E-state index contributed by atoms with van der Waals surface area (Å²) in [5, 5.41) is 4.94. The van der Waals surface area contributed by atoms with Crippen molar-refractivity contribution in [3.63, 3.8) is 0 Å². The van der Waals surface area contributed by atoms with Crippen LogP contribution in [0.15, 0.2) is 35.7 Å². The van der Waals surface area contributed by atoms with Crippen molar-refractivity contribution in [3.8, 4) is 0 Å². The monoisotopic (exact) mass is 517 g/mol. The molecule has 1 N–H and O–H groups in total. The minimum absolute atomic E-state index is 0.107. The van der Waals surface area contributed by atoms with Gasteiger partial charge in [0.1, 0.15) is 7.85 Å². The highest BCUT2D eigenvalue weighted by atomic mass is 35.5. The van der Waals surface area contributed by atoms with Crippen LogP contribution in [0.4, 0.5) is 5.69 Å². The van der Waals surface area contributed by atoms with E-state index in [4.69, 9.17) is 28.9 Å². The number of rotatable bonds is 8. The Labute approximate surface area is 213 Å². The molecule has 1 aromatic carbocycles. The number of halogens is 1. The minimum atomic E-state index is -1.65. The van der Waals surface area contributed by atoms with Gasteiger partial charge in [-0.25, -0.2) is 0 Å². The smallest absolute Gasteiger partial charge is 0.303 e. The Morgan fingerprint density at radius 3 is 2.26 bits per heavy atom. The number of benzene rings is 1. The highest BCUT2D eigenvalue weighted by Crippen LogP contribution is 2.26. The Hall–Kier alpha value is -3.05. The van der Waals surface area contributed by atoms with Gasteiger partial charge in [0.2, 0.25) is 12.2 Å². The van der Waals surface area contributed by atoms with Gasteiger partial charge >= 0.3 is 11.9 Å². The van der Waals surface area contributed by atoms with Crippen molar-refractivity contribution in [1.82, 2.24) is 10.2 Å². The van der Waals surface area contributed by atoms with E-state index in [0.29, 0.717) is 36.7 Å². The molecule has 2 atom stereocenters. The van der Waals surface area contributed by atoms with Crippen LogP contribution in [0, 0.1) is 0 Å². The molecule has 1 fully saturated rings. The van der Waals surface area contributed by atoms with E-state index in [0.717, 1.165) is 24.4 Å². The third kappa shape index (κ3) is 7.22. The van der Waals surface area contributed by atoms with Gasteiger partial charge in [-0.3, -0.25) is 19.2 Å². The lowest BCUT2D eigenvalue weighted by atomic mass is 10.0. The van der Waals surface area contributed by atoms with E-state index in [-0.39, 0.29) is 6.54 Å². The third-order valence-electron chi connectivity index (χ3n) is 5.26. The van der Waals surface area contributed by atoms with Crippen LogP contribution >= 0.6 is 22.9 Å². The normalized spacial score (nSPS) is 15.2. The fourth-order valence-electron chi connectivity index (χ4n) is 3.67. The van der Waals surface area contributed by atoms with E-state index in [2.05, 4.69) is 5.32 Å². The lowest BCUT2D eigenvalue weighted by Gasteiger charge is -2.38. The summed E-state index contributed by atoms with van der Waals surface area (Å²) in [5.41, 5.74) is 1.41. The molecular formula is C23H25BClN3O6S. The molecule has 184 valence electrons. The van der Waals surface area contributed by atoms with E-state index in [1.54, 1.807) is 17.5 Å². The van der Waals surface area contributed by atoms with Gasteiger partial charge in [0.05, 0.1) is 17.3 Å². The van der Waals surface area contributed by atoms with Crippen molar-refractivity contribution in [2.24, 2.45) is 0 Å². The Balaban J connectivity index is 1.73. The number of ether oxygens (including phenoxy) is 2. The van der Waals surface area contributed by atoms with Crippen molar-refractivity contribution in [3.05, 3.63) is 45.6 Å². The van der Waals surface area contributed by atoms with Crippen molar-refractivity contribution >= 4 is 65.7 Å². The Morgan fingerprint density at radius 2 is 1.69 bits per heavy atom. The second kappa shape index (κ2) is 12.1. The molecule has 1 aliphatic rings. The number of nitrogens with zero attached hydrogens (tertiary/aromatic N) is 2. The van der Waals surface area contributed by atoms with Crippen molar-refractivity contribution in [1.29, 1.82) is 0 Å². The SMILES string of the molecule is [B]c1csc(CNC(=O)[C@H](OC(C)=O)[C@@H](OC(C)=O)C(=O)N2CCN(c3ccccc3Cl)CC2)c1. The standard InChI is InChI=1S/C23H25BClN3O6S/c1-14(29)33-20(22(31)26-12-17-11-16(24)13-35-17)21(34-15(2)30)23(32)28-9-7-27(8-10-28)19-6-4-3-5-18(19)25/h3-6,11,13,20-21H,7-10,12H2,1-2H3,(H,26,31)/t20-,21-/m1/s1. The van der Waals surface area contributed by atoms with Crippen LogP contribution in [0.3, 0.4) is 0 Å². The van der Waals surface area contributed by atoms with Gasteiger partial charge in [0.15, 0.2) is 0 Å². The molecule has 0 aliphatic carbocycles. The molecule has 35 heavy (non-hydrogen) atoms. The van der Waals surface area contributed by atoms with Crippen LogP contribution in [0.25, 0.3) is 0 Å². The summed E-state index contributed by atoms with van der Waals surface area (Å²) in [7, 11) is 5.70. The number of hydrogen-bond acceptors (Lipinski definition) is 8. The molecule has 1 aromatic heterocycles. The number of carbonyl (C=O) groups excluding carboxylic acids is 4. The van der Waals surface area contributed by atoms with Crippen molar-refractivity contribution in [2.75, 3.05) is 31.1 Å². The first-order valence-electron chi connectivity index (χ1n) is 10.9. The highest BCUT2D eigenvalue weighted by Gasteiger charge is 2.42. The number of nitrogens with one attached hydrogen (secondary N) is 1. The molecule has 2 amide bonds. The van der Waals surface area contributed by atoms with Gasteiger partial charge in [-0.05, 0) is 17.5 Å². The highest BCUT2D eigenvalue weighted by molar-refractivity contribution is 7.10. The largest absolute Gasteiger partial charge is 0.448 e. The molecular weight excluding hydrogens is 493 g/mol. The van der Waals surface area contributed by atoms with E-state index in [1.165, 1.54) is 16.2 Å². The van der Waals surface area contributed by atoms with Crippen molar-refractivity contribution in [2.45, 2.75) is 32.6 Å². The first kappa shape index (κ1) is 26.6. The van der Waals surface area contributed by atoms with E-state index < -0.39 is 36.0 Å². The van der Waals surface area contributed by atoms with Crippen LogP contribution in [-0.4, -0.2) is 74.9 Å². The maximum atomic E-state index is 13.4. The molecule has 2 radical (unpaired) electrons. The predicted octanol–water partition coefficient (Wildman–Crippen LogP) is 1.02. The number of thiophene rings is 1. The summed E-state index contributed by atoms with van der Waals surface area (Å²) in [4.78, 5) is 54.2. The Morgan fingerprint density at radius 1 is 1.06 bits per heavy atom. The van der Waals surface area contributed by atoms with E-state index in [1.807, 2.05) is 23.1 Å². The maximum Gasteiger partial charge on any atom is 0.303 e. The number of hydrogen-bond donors (Lipinski definition) is 1. The molecule has 0 spiro atoms. The Kier molecular flexibility index (Phi) is 9.16. The van der Waals surface area contributed by atoms with Crippen LogP contribution in [0.1, 0.15) is 18.7 Å². The molecule has 2 aromatic rings. The van der Waals surface area contributed by atoms with E-state index in [9.17, 15) is 19.2 Å². The molecule has 0 saturated carbocycles. The first-order chi connectivity index (χ1) is 16.7. The number of para-hydroxylation sites is 1.